The Morgan fingerprint density at radius 1 is 1.25 bits per heavy atom. The quantitative estimate of drug-likeness (QED) is 0.767. The Hall–Kier alpha value is -2.38. The van der Waals surface area contributed by atoms with Crippen LogP contribution in [0.25, 0.3) is 11.3 Å². The van der Waals surface area contributed by atoms with Crippen LogP contribution in [0, 0.1) is 0 Å². The highest BCUT2D eigenvalue weighted by Crippen LogP contribution is 2.33. The lowest BCUT2D eigenvalue weighted by Crippen LogP contribution is -2.09. The van der Waals surface area contributed by atoms with Crippen molar-refractivity contribution >= 4 is 17.3 Å². The lowest BCUT2D eigenvalue weighted by atomic mass is 10.1. The summed E-state index contributed by atoms with van der Waals surface area (Å²) >= 11 is 1.71. The van der Waals surface area contributed by atoms with Gasteiger partial charge in [0.15, 0.2) is 0 Å². The van der Waals surface area contributed by atoms with Crippen molar-refractivity contribution in [3.05, 3.63) is 52.9 Å². The van der Waals surface area contributed by atoms with Crippen molar-refractivity contribution in [1.29, 1.82) is 0 Å². The standard InChI is InChI=1S/C17H17N5OS/c1-4-15(23-7-1)16-13(14-11-18-5-6-19-14)10-21-17(22-16)20-9-12-3-2-8-24-12/h2-3,5-6,8,10-11,15H,1,4,7,9H2,(H,20,21,22)/t15-/m0/s1. The maximum Gasteiger partial charge on any atom is 0.223 e. The molecular formula is C17H17N5OS. The zero-order valence-corrected chi connectivity index (χ0v) is 13.9. The fourth-order valence-electron chi connectivity index (χ4n) is 2.73. The number of nitrogens with zero attached hydrogens (tertiary/aromatic N) is 4. The van der Waals surface area contributed by atoms with Crippen LogP contribution in [-0.2, 0) is 11.3 Å². The maximum atomic E-state index is 5.84. The molecule has 1 aliphatic heterocycles. The third-order valence-electron chi connectivity index (χ3n) is 3.89. The molecular weight excluding hydrogens is 322 g/mol. The molecule has 1 fully saturated rings. The number of ether oxygens (including phenoxy) is 1. The van der Waals surface area contributed by atoms with Crippen molar-refractivity contribution < 1.29 is 4.74 Å². The number of hydrogen-bond acceptors (Lipinski definition) is 7. The second-order valence-corrected chi connectivity index (χ2v) is 6.55. The largest absolute Gasteiger partial charge is 0.372 e. The average Bonchev–Trinajstić information content (AvgIpc) is 3.34. The third-order valence-corrected chi connectivity index (χ3v) is 4.77. The molecule has 4 heterocycles. The van der Waals surface area contributed by atoms with Crippen LogP contribution in [0.15, 0.2) is 42.3 Å². The topological polar surface area (TPSA) is 72.8 Å². The van der Waals surface area contributed by atoms with Crippen LogP contribution in [0.4, 0.5) is 5.95 Å². The van der Waals surface area contributed by atoms with Crippen molar-refractivity contribution in [2.45, 2.75) is 25.5 Å². The summed E-state index contributed by atoms with van der Waals surface area (Å²) in [5.41, 5.74) is 2.54. The van der Waals surface area contributed by atoms with Crippen LogP contribution in [0.1, 0.15) is 29.5 Å². The van der Waals surface area contributed by atoms with E-state index in [4.69, 9.17) is 9.72 Å². The zero-order chi connectivity index (χ0) is 16.2. The molecule has 4 rings (SSSR count). The van der Waals surface area contributed by atoms with Gasteiger partial charge in [0.1, 0.15) is 6.10 Å². The van der Waals surface area contributed by atoms with Gasteiger partial charge in [0.05, 0.1) is 24.1 Å². The lowest BCUT2D eigenvalue weighted by molar-refractivity contribution is 0.109. The number of anilines is 1. The smallest absolute Gasteiger partial charge is 0.223 e. The molecule has 1 atom stereocenters. The van der Waals surface area contributed by atoms with Crippen molar-refractivity contribution in [1.82, 2.24) is 19.9 Å². The average molecular weight is 339 g/mol. The Balaban J connectivity index is 1.64. The van der Waals surface area contributed by atoms with Crippen LogP contribution in [0.2, 0.25) is 0 Å². The Bertz CT molecular complexity index is 788. The van der Waals surface area contributed by atoms with E-state index < -0.39 is 0 Å². The summed E-state index contributed by atoms with van der Waals surface area (Å²) in [6.45, 7) is 1.49. The van der Waals surface area contributed by atoms with Gasteiger partial charge in [0, 0.05) is 35.6 Å². The molecule has 1 saturated heterocycles. The first-order chi connectivity index (χ1) is 11.9. The molecule has 1 N–H and O–H groups in total. The van der Waals surface area contributed by atoms with Crippen molar-refractivity contribution in [3.63, 3.8) is 0 Å². The minimum absolute atomic E-state index is 0.00714. The molecule has 122 valence electrons. The van der Waals surface area contributed by atoms with Crippen LogP contribution in [0.3, 0.4) is 0 Å². The van der Waals surface area contributed by atoms with E-state index in [-0.39, 0.29) is 6.10 Å². The van der Waals surface area contributed by atoms with Gasteiger partial charge in [-0.3, -0.25) is 9.97 Å². The fourth-order valence-corrected chi connectivity index (χ4v) is 3.38. The Morgan fingerprint density at radius 2 is 2.25 bits per heavy atom. The molecule has 3 aromatic rings. The summed E-state index contributed by atoms with van der Waals surface area (Å²) in [4.78, 5) is 18.9. The van der Waals surface area contributed by atoms with Gasteiger partial charge in [0.2, 0.25) is 5.95 Å². The molecule has 0 aromatic carbocycles. The molecule has 3 aromatic heterocycles. The number of thiophene rings is 1. The first-order valence-electron chi connectivity index (χ1n) is 7.91. The van der Waals surface area contributed by atoms with Crippen molar-refractivity contribution in [2.24, 2.45) is 0 Å². The van der Waals surface area contributed by atoms with E-state index in [1.54, 1.807) is 29.9 Å². The van der Waals surface area contributed by atoms with E-state index in [9.17, 15) is 0 Å². The minimum atomic E-state index is -0.00714. The van der Waals surface area contributed by atoms with Crippen LogP contribution in [0.5, 0.6) is 0 Å². The highest BCUT2D eigenvalue weighted by Gasteiger charge is 2.24. The van der Waals surface area contributed by atoms with Crippen LogP contribution >= 0.6 is 11.3 Å². The zero-order valence-electron chi connectivity index (χ0n) is 13.1. The molecule has 0 amide bonds. The monoisotopic (exact) mass is 339 g/mol. The van der Waals surface area contributed by atoms with Gasteiger partial charge in [-0.25, -0.2) is 9.97 Å². The summed E-state index contributed by atoms with van der Waals surface area (Å²) in [6.07, 6.45) is 8.89. The molecule has 24 heavy (non-hydrogen) atoms. The summed E-state index contributed by atoms with van der Waals surface area (Å²) in [5, 5.41) is 5.35. The predicted octanol–water partition coefficient (Wildman–Crippen LogP) is 3.46. The van der Waals surface area contributed by atoms with Crippen LogP contribution in [-0.4, -0.2) is 26.5 Å². The summed E-state index contributed by atoms with van der Waals surface area (Å²) < 4.78 is 5.84. The lowest BCUT2D eigenvalue weighted by Gasteiger charge is -2.15. The number of rotatable bonds is 5. The minimum Gasteiger partial charge on any atom is -0.372 e. The molecule has 7 heteroatoms. The van der Waals surface area contributed by atoms with Gasteiger partial charge in [-0.05, 0) is 24.3 Å². The van der Waals surface area contributed by atoms with Gasteiger partial charge in [-0.15, -0.1) is 11.3 Å². The van der Waals surface area contributed by atoms with Crippen molar-refractivity contribution in [3.8, 4) is 11.3 Å². The maximum absolute atomic E-state index is 5.84. The van der Waals surface area contributed by atoms with E-state index in [2.05, 4.69) is 31.7 Å². The fraction of sp³-hybridized carbons (Fsp3) is 0.294. The molecule has 0 aliphatic carbocycles. The van der Waals surface area contributed by atoms with Crippen molar-refractivity contribution in [2.75, 3.05) is 11.9 Å². The Kier molecular flexibility index (Phi) is 4.44. The predicted molar refractivity (Wildman–Crippen MR) is 92.6 cm³/mol. The number of hydrogen-bond donors (Lipinski definition) is 1. The molecule has 6 nitrogen and oxygen atoms in total. The first-order valence-corrected chi connectivity index (χ1v) is 8.79. The Morgan fingerprint density at radius 3 is 3.00 bits per heavy atom. The van der Waals surface area contributed by atoms with E-state index in [1.807, 2.05) is 12.3 Å². The summed E-state index contributed by atoms with van der Waals surface area (Å²) in [7, 11) is 0. The van der Waals surface area contributed by atoms with E-state index in [0.29, 0.717) is 12.5 Å². The summed E-state index contributed by atoms with van der Waals surface area (Å²) in [5.74, 6) is 0.613. The second kappa shape index (κ2) is 7.02. The molecule has 1 aliphatic rings. The number of aromatic nitrogens is 4. The SMILES string of the molecule is c1csc(CNc2ncc(-c3cnccn3)c([C@@H]3CCCO3)n2)c1. The molecule has 0 spiro atoms. The third kappa shape index (κ3) is 3.27. The summed E-state index contributed by atoms with van der Waals surface area (Å²) in [6, 6.07) is 4.13. The van der Waals surface area contributed by atoms with Gasteiger partial charge in [-0.1, -0.05) is 6.07 Å². The van der Waals surface area contributed by atoms with E-state index in [0.717, 1.165) is 36.4 Å². The molecule has 0 bridgehead atoms. The van der Waals surface area contributed by atoms with Crippen LogP contribution < -0.4 is 5.32 Å². The molecule has 0 radical (unpaired) electrons. The first kappa shape index (κ1) is 15.2. The van der Waals surface area contributed by atoms with E-state index in [1.165, 1.54) is 4.88 Å². The molecule has 0 saturated carbocycles. The molecule has 0 unspecified atom stereocenters. The Labute approximate surface area is 144 Å². The van der Waals surface area contributed by atoms with Gasteiger partial charge in [0.25, 0.3) is 0 Å². The number of nitrogens with one attached hydrogen (secondary N) is 1. The highest BCUT2D eigenvalue weighted by molar-refractivity contribution is 7.09. The normalized spacial score (nSPS) is 17.1. The van der Waals surface area contributed by atoms with Gasteiger partial charge >= 0.3 is 0 Å². The highest BCUT2D eigenvalue weighted by atomic mass is 32.1. The van der Waals surface area contributed by atoms with Gasteiger partial charge in [-0.2, -0.15) is 0 Å². The van der Waals surface area contributed by atoms with E-state index >= 15 is 0 Å². The van der Waals surface area contributed by atoms with Gasteiger partial charge < -0.3 is 10.1 Å². The second-order valence-electron chi connectivity index (χ2n) is 5.52.